The van der Waals surface area contributed by atoms with Gasteiger partial charge in [-0.15, -0.1) is 0 Å². The van der Waals surface area contributed by atoms with Crippen molar-refractivity contribution >= 4 is 0 Å². The molecule has 0 bridgehead atoms. The third-order valence-corrected chi connectivity index (χ3v) is 3.04. The molecule has 0 fully saturated rings. The number of ether oxygens (including phenoxy) is 1. The molecule has 1 unspecified atom stereocenters. The first kappa shape index (κ1) is 14.5. The minimum atomic E-state index is 0.320. The molecule has 0 aliphatic rings. The summed E-state index contributed by atoms with van der Waals surface area (Å²) >= 11 is 0. The summed E-state index contributed by atoms with van der Waals surface area (Å²) in [4.78, 5) is 4.44. The van der Waals surface area contributed by atoms with Crippen LogP contribution in [0.15, 0.2) is 28.8 Å². The molecule has 0 spiro atoms. The standard InChI is InChI=1S/C15H21N3O2/c1-4-9-16-11(2)10-14-17-15(18-20-14)12-7-5-6-8-13(12)19-3/h5-8,11,16H,4,9-10H2,1-3H3. The summed E-state index contributed by atoms with van der Waals surface area (Å²) in [6.45, 7) is 5.25. The van der Waals surface area contributed by atoms with Gasteiger partial charge in [0, 0.05) is 12.5 Å². The summed E-state index contributed by atoms with van der Waals surface area (Å²) in [5.41, 5.74) is 0.846. The van der Waals surface area contributed by atoms with Gasteiger partial charge in [0.25, 0.3) is 0 Å². The Morgan fingerprint density at radius 1 is 1.35 bits per heavy atom. The number of nitrogens with one attached hydrogen (secondary N) is 1. The highest BCUT2D eigenvalue weighted by atomic mass is 16.5. The van der Waals surface area contributed by atoms with Crippen LogP contribution in [0, 0.1) is 0 Å². The number of methoxy groups -OCH3 is 1. The molecule has 1 aromatic carbocycles. The van der Waals surface area contributed by atoms with Crippen LogP contribution < -0.4 is 10.1 Å². The summed E-state index contributed by atoms with van der Waals surface area (Å²) < 4.78 is 10.6. The maximum Gasteiger partial charge on any atom is 0.228 e. The van der Waals surface area contributed by atoms with Gasteiger partial charge in [0.15, 0.2) is 0 Å². The van der Waals surface area contributed by atoms with Crippen LogP contribution in [-0.4, -0.2) is 29.8 Å². The van der Waals surface area contributed by atoms with Gasteiger partial charge in [0.2, 0.25) is 11.7 Å². The smallest absolute Gasteiger partial charge is 0.228 e. The molecule has 0 amide bonds. The van der Waals surface area contributed by atoms with Gasteiger partial charge in [-0.25, -0.2) is 0 Å². The molecule has 1 N–H and O–H groups in total. The average Bonchev–Trinajstić information content (AvgIpc) is 2.93. The maximum atomic E-state index is 5.31. The van der Waals surface area contributed by atoms with Gasteiger partial charge >= 0.3 is 0 Å². The van der Waals surface area contributed by atoms with Crippen LogP contribution in [0.25, 0.3) is 11.4 Å². The van der Waals surface area contributed by atoms with E-state index in [0.29, 0.717) is 17.8 Å². The monoisotopic (exact) mass is 275 g/mol. The van der Waals surface area contributed by atoms with E-state index in [1.165, 1.54) is 0 Å². The van der Waals surface area contributed by atoms with Crippen LogP contribution in [0.2, 0.25) is 0 Å². The molecular weight excluding hydrogens is 254 g/mol. The first-order valence-electron chi connectivity index (χ1n) is 6.94. The fraction of sp³-hybridized carbons (Fsp3) is 0.467. The van der Waals surface area contributed by atoms with Gasteiger partial charge in [-0.2, -0.15) is 4.98 Å². The van der Waals surface area contributed by atoms with Crippen LogP contribution in [-0.2, 0) is 6.42 Å². The molecule has 0 aliphatic carbocycles. The summed E-state index contributed by atoms with van der Waals surface area (Å²) in [5.74, 6) is 1.96. The second kappa shape index (κ2) is 7.05. The summed E-state index contributed by atoms with van der Waals surface area (Å²) in [7, 11) is 1.64. The van der Waals surface area contributed by atoms with Gasteiger partial charge in [-0.3, -0.25) is 0 Å². The van der Waals surface area contributed by atoms with Crippen molar-refractivity contribution in [2.45, 2.75) is 32.7 Å². The van der Waals surface area contributed by atoms with E-state index in [9.17, 15) is 0 Å². The number of para-hydroxylation sites is 1. The minimum Gasteiger partial charge on any atom is -0.496 e. The third kappa shape index (κ3) is 3.57. The zero-order valence-corrected chi connectivity index (χ0v) is 12.2. The van der Waals surface area contributed by atoms with Crippen molar-refractivity contribution in [3.63, 3.8) is 0 Å². The Hall–Kier alpha value is -1.88. The molecule has 0 saturated carbocycles. The quantitative estimate of drug-likeness (QED) is 0.841. The van der Waals surface area contributed by atoms with Crippen LogP contribution in [0.3, 0.4) is 0 Å². The molecule has 2 rings (SSSR count). The van der Waals surface area contributed by atoms with E-state index in [2.05, 4.69) is 29.3 Å². The Kier molecular flexibility index (Phi) is 5.12. The average molecular weight is 275 g/mol. The molecule has 5 nitrogen and oxygen atoms in total. The normalized spacial score (nSPS) is 12.3. The number of benzene rings is 1. The second-order valence-electron chi connectivity index (χ2n) is 4.77. The largest absolute Gasteiger partial charge is 0.496 e. The molecule has 0 radical (unpaired) electrons. The fourth-order valence-corrected chi connectivity index (χ4v) is 2.00. The Bertz CT molecular complexity index is 539. The number of nitrogens with zero attached hydrogens (tertiary/aromatic N) is 2. The predicted molar refractivity (Wildman–Crippen MR) is 77.7 cm³/mol. The van der Waals surface area contributed by atoms with Crippen LogP contribution in [0.5, 0.6) is 5.75 Å². The van der Waals surface area contributed by atoms with Gasteiger partial charge < -0.3 is 14.6 Å². The number of hydrogen-bond acceptors (Lipinski definition) is 5. The highest BCUT2D eigenvalue weighted by Gasteiger charge is 2.14. The van der Waals surface area contributed by atoms with E-state index in [4.69, 9.17) is 9.26 Å². The summed E-state index contributed by atoms with van der Waals surface area (Å²) in [6, 6.07) is 7.98. The van der Waals surface area contributed by atoms with Crippen LogP contribution >= 0.6 is 0 Å². The first-order valence-corrected chi connectivity index (χ1v) is 6.94. The molecule has 20 heavy (non-hydrogen) atoms. The molecule has 0 saturated heterocycles. The molecule has 1 atom stereocenters. The van der Waals surface area contributed by atoms with Crippen molar-refractivity contribution in [1.82, 2.24) is 15.5 Å². The van der Waals surface area contributed by atoms with E-state index in [-0.39, 0.29) is 0 Å². The van der Waals surface area contributed by atoms with Crippen molar-refractivity contribution < 1.29 is 9.26 Å². The number of hydrogen-bond donors (Lipinski definition) is 1. The molecular formula is C15H21N3O2. The summed E-state index contributed by atoms with van der Waals surface area (Å²) in [6.07, 6.45) is 1.84. The van der Waals surface area contributed by atoms with Crippen LogP contribution in [0.1, 0.15) is 26.2 Å². The molecule has 5 heteroatoms. The zero-order chi connectivity index (χ0) is 14.4. The molecule has 2 aromatic rings. The number of aromatic nitrogens is 2. The van der Waals surface area contributed by atoms with Crippen molar-refractivity contribution in [2.75, 3.05) is 13.7 Å². The molecule has 0 aliphatic heterocycles. The maximum absolute atomic E-state index is 5.31. The minimum absolute atomic E-state index is 0.320. The summed E-state index contributed by atoms with van der Waals surface area (Å²) in [5, 5.41) is 7.43. The van der Waals surface area contributed by atoms with Crippen molar-refractivity contribution in [3.8, 4) is 17.1 Å². The molecule has 1 heterocycles. The van der Waals surface area contributed by atoms with E-state index in [1.54, 1.807) is 7.11 Å². The zero-order valence-electron chi connectivity index (χ0n) is 12.2. The SMILES string of the molecule is CCCNC(C)Cc1nc(-c2ccccc2OC)no1. The highest BCUT2D eigenvalue weighted by Crippen LogP contribution is 2.27. The van der Waals surface area contributed by atoms with E-state index >= 15 is 0 Å². The second-order valence-corrected chi connectivity index (χ2v) is 4.77. The van der Waals surface area contributed by atoms with Gasteiger partial charge in [0.1, 0.15) is 5.75 Å². The van der Waals surface area contributed by atoms with Crippen LogP contribution in [0.4, 0.5) is 0 Å². The van der Waals surface area contributed by atoms with Crippen molar-refractivity contribution in [3.05, 3.63) is 30.2 Å². The van der Waals surface area contributed by atoms with Crippen molar-refractivity contribution in [1.29, 1.82) is 0 Å². The molecule has 108 valence electrons. The lowest BCUT2D eigenvalue weighted by Crippen LogP contribution is -2.28. The lowest BCUT2D eigenvalue weighted by molar-refractivity contribution is 0.361. The Morgan fingerprint density at radius 3 is 2.90 bits per heavy atom. The first-order chi connectivity index (χ1) is 9.74. The molecule has 1 aromatic heterocycles. The Balaban J connectivity index is 2.08. The topological polar surface area (TPSA) is 60.2 Å². The lowest BCUT2D eigenvalue weighted by atomic mass is 10.2. The van der Waals surface area contributed by atoms with Gasteiger partial charge in [-0.05, 0) is 32.0 Å². The van der Waals surface area contributed by atoms with Crippen molar-refractivity contribution in [2.24, 2.45) is 0 Å². The highest BCUT2D eigenvalue weighted by molar-refractivity contribution is 5.63. The lowest BCUT2D eigenvalue weighted by Gasteiger charge is -2.09. The third-order valence-electron chi connectivity index (χ3n) is 3.04. The van der Waals surface area contributed by atoms with E-state index in [0.717, 1.165) is 30.7 Å². The number of rotatable bonds is 7. The van der Waals surface area contributed by atoms with E-state index in [1.807, 2.05) is 24.3 Å². The Morgan fingerprint density at radius 2 is 2.15 bits per heavy atom. The van der Waals surface area contributed by atoms with Gasteiger partial charge in [0.05, 0.1) is 12.7 Å². The Labute approximate surface area is 119 Å². The fourth-order valence-electron chi connectivity index (χ4n) is 2.00. The van der Waals surface area contributed by atoms with Gasteiger partial charge in [-0.1, -0.05) is 24.2 Å². The predicted octanol–water partition coefficient (Wildman–Crippen LogP) is 2.68. The van der Waals surface area contributed by atoms with E-state index < -0.39 is 0 Å².